The summed E-state index contributed by atoms with van der Waals surface area (Å²) in [6, 6.07) is 19.1. The van der Waals surface area contributed by atoms with Gasteiger partial charge in [-0.25, -0.2) is 9.48 Å². The van der Waals surface area contributed by atoms with Gasteiger partial charge < -0.3 is 10.1 Å². The van der Waals surface area contributed by atoms with Gasteiger partial charge >= 0.3 is 5.97 Å². The molecule has 0 unspecified atom stereocenters. The van der Waals surface area contributed by atoms with Gasteiger partial charge in [0.15, 0.2) is 0 Å². The first-order valence-corrected chi connectivity index (χ1v) is 8.47. The lowest BCUT2D eigenvalue weighted by molar-refractivity contribution is -0.138. The van der Waals surface area contributed by atoms with Crippen molar-refractivity contribution in [3.63, 3.8) is 0 Å². The number of rotatable bonds is 4. The predicted octanol–water partition coefficient (Wildman–Crippen LogP) is 3.27. The molecular formula is C20H18N4O2. The molecule has 1 aliphatic heterocycles. The normalized spacial score (nSPS) is 16.0. The van der Waals surface area contributed by atoms with Gasteiger partial charge in [-0.15, -0.1) is 0 Å². The van der Waals surface area contributed by atoms with Crippen LogP contribution < -0.4 is 5.32 Å². The topological polar surface area (TPSA) is 69.0 Å². The largest absolute Gasteiger partial charge is 0.463 e. The summed E-state index contributed by atoms with van der Waals surface area (Å²) in [6.45, 7) is 2.10. The Labute approximate surface area is 151 Å². The van der Waals surface area contributed by atoms with Crippen LogP contribution >= 0.6 is 0 Å². The Kier molecular flexibility index (Phi) is 4.23. The van der Waals surface area contributed by atoms with Gasteiger partial charge in [0.05, 0.1) is 17.9 Å². The Morgan fingerprint density at radius 2 is 1.81 bits per heavy atom. The number of aromatic nitrogens is 3. The number of hydrogen-bond acceptors (Lipinski definition) is 5. The van der Waals surface area contributed by atoms with Crippen LogP contribution in [0.5, 0.6) is 0 Å². The van der Waals surface area contributed by atoms with E-state index in [4.69, 9.17) is 4.74 Å². The number of fused-ring (bicyclic) bond motifs is 1. The molecule has 0 bridgehead atoms. The molecule has 0 fully saturated rings. The molecule has 6 nitrogen and oxygen atoms in total. The van der Waals surface area contributed by atoms with Crippen molar-refractivity contribution in [3.8, 4) is 0 Å². The number of nitrogens with one attached hydrogen (secondary N) is 1. The number of nitrogens with zero attached hydrogens (tertiary/aromatic N) is 3. The number of carbonyl (C=O) groups is 1. The molecule has 0 saturated carbocycles. The summed E-state index contributed by atoms with van der Waals surface area (Å²) in [5.74, 6) is 0.222. The fourth-order valence-corrected chi connectivity index (χ4v) is 3.16. The van der Waals surface area contributed by atoms with E-state index in [0.717, 1.165) is 11.1 Å². The zero-order valence-corrected chi connectivity index (χ0v) is 14.3. The van der Waals surface area contributed by atoms with E-state index in [1.165, 1.54) is 6.33 Å². The summed E-state index contributed by atoms with van der Waals surface area (Å²) in [6.07, 6.45) is 1.48. The van der Waals surface area contributed by atoms with Crippen LogP contribution in [0.3, 0.4) is 0 Å². The number of benzene rings is 2. The van der Waals surface area contributed by atoms with Crippen molar-refractivity contribution in [2.24, 2.45) is 0 Å². The Morgan fingerprint density at radius 1 is 1.12 bits per heavy atom. The Bertz CT molecular complexity index is 948. The number of hydrogen-bond donors (Lipinski definition) is 1. The van der Waals surface area contributed by atoms with Gasteiger partial charge in [0.2, 0.25) is 5.95 Å². The van der Waals surface area contributed by atoms with Crippen molar-refractivity contribution in [1.82, 2.24) is 14.8 Å². The third-order valence-corrected chi connectivity index (χ3v) is 4.27. The van der Waals surface area contributed by atoms with Gasteiger partial charge in [0.1, 0.15) is 12.4 Å². The van der Waals surface area contributed by atoms with E-state index in [0.29, 0.717) is 23.8 Å². The van der Waals surface area contributed by atoms with Gasteiger partial charge in [0.25, 0.3) is 0 Å². The van der Waals surface area contributed by atoms with E-state index in [-0.39, 0.29) is 5.97 Å². The molecule has 0 amide bonds. The molecule has 2 heterocycles. The molecule has 3 aromatic rings. The number of carbonyl (C=O) groups excluding carboxylic acids is 1. The molecule has 1 aliphatic rings. The second-order valence-corrected chi connectivity index (χ2v) is 5.84. The predicted molar refractivity (Wildman–Crippen MR) is 98.2 cm³/mol. The Hall–Kier alpha value is -3.41. The smallest absolute Gasteiger partial charge is 0.338 e. The fraction of sp³-hybridized carbons (Fsp3) is 0.150. The minimum absolute atomic E-state index is 0.302. The summed E-state index contributed by atoms with van der Waals surface area (Å²) < 4.78 is 7.09. The minimum Gasteiger partial charge on any atom is -0.463 e. The van der Waals surface area contributed by atoms with Crippen molar-refractivity contribution in [2.75, 3.05) is 11.9 Å². The Balaban J connectivity index is 1.96. The maximum atomic E-state index is 12.9. The van der Waals surface area contributed by atoms with Gasteiger partial charge in [-0.1, -0.05) is 60.7 Å². The summed E-state index contributed by atoms with van der Waals surface area (Å²) in [5.41, 5.74) is 3.05. The molecule has 0 saturated heterocycles. The van der Waals surface area contributed by atoms with E-state index in [9.17, 15) is 4.79 Å². The average Bonchev–Trinajstić information content (AvgIpc) is 3.16. The van der Waals surface area contributed by atoms with Crippen LogP contribution in [0, 0.1) is 0 Å². The summed E-state index contributed by atoms with van der Waals surface area (Å²) in [4.78, 5) is 17.2. The maximum Gasteiger partial charge on any atom is 0.338 e. The lowest BCUT2D eigenvalue weighted by Gasteiger charge is -2.29. The number of ether oxygens (including phenoxy) is 1. The summed E-state index contributed by atoms with van der Waals surface area (Å²) >= 11 is 0. The fourth-order valence-electron chi connectivity index (χ4n) is 3.16. The molecule has 1 aromatic heterocycles. The standard InChI is InChI=1S/C20H18N4O2/c1-2-26-19(25)16-17(14-9-5-3-6-10-14)23-20-21-13-22-24(20)18(16)15-11-7-4-8-12-15/h3-13,18H,2H2,1H3,(H,21,22,23)/t18-/m0/s1. The molecule has 1 N–H and O–H groups in total. The van der Waals surface area contributed by atoms with Crippen LogP contribution in [0.1, 0.15) is 24.1 Å². The molecule has 1 atom stereocenters. The summed E-state index contributed by atoms with van der Waals surface area (Å²) in [7, 11) is 0. The highest BCUT2D eigenvalue weighted by atomic mass is 16.5. The molecule has 26 heavy (non-hydrogen) atoms. The van der Waals surface area contributed by atoms with Gasteiger partial charge in [0, 0.05) is 0 Å². The monoisotopic (exact) mass is 346 g/mol. The second-order valence-electron chi connectivity index (χ2n) is 5.84. The molecule has 0 aliphatic carbocycles. The SMILES string of the molecule is CCOC(=O)C1=C(c2ccccc2)Nc2ncnn2[C@H]1c1ccccc1. The van der Waals surface area contributed by atoms with E-state index in [2.05, 4.69) is 15.4 Å². The Morgan fingerprint density at radius 3 is 2.50 bits per heavy atom. The van der Waals surface area contributed by atoms with E-state index in [1.54, 1.807) is 11.6 Å². The second kappa shape index (κ2) is 6.84. The number of anilines is 1. The molecule has 6 heteroatoms. The third kappa shape index (κ3) is 2.75. The first-order chi connectivity index (χ1) is 12.8. The number of esters is 1. The van der Waals surface area contributed by atoms with Crippen LogP contribution in [0.25, 0.3) is 5.70 Å². The highest BCUT2D eigenvalue weighted by molar-refractivity contribution is 6.02. The highest BCUT2D eigenvalue weighted by Crippen LogP contribution is 2.38. The van der Waals surface area contributed by atoms with Crippen molar-refractivity contribution >= 4 is 17.6 Å². The molecule has 130 valence electrons. The van der Waals surface area contributed by atoms with E-state index < -0.39 is 6.04 Å². The molecule has 2 aromatic carbocycles. The van der Waals surface area contributed by atoms with Crippen LogP contribution in [-0.4, -0.2) is 27.3 Å². The first kappa shape index (κ1) is 16.1. The van der Waals surface area contributed by atoms with E-state index in [1.807, 2.05) is 60.7 Å². The zero-order chi connectivity index (χ0) is 17.9. The van der Waals surface area contributed by atoms with E-state index >= 15 is 0 Å². The quantitative estimate of drug-likeness (QED) is 0.734. The van der Waals surface area contributed by atoms with Crippen molar-refractivity contribution < 1.29 is 9.53 Å². The first-order valence-electron chi connectivity index (χ1n) is 8.47. The molecule has 0 spiro atoms. The highest BCUT2D eigenvalue weighted by Gasteiger charge is 2.35. The van der Waals surface area contributed by atoms with Gasteiger partial charge in [-0.05, 0) is 18.1 Å². The third-order valence-electron chi connectivity index (χ3n) is 4.27. The molecule has 4 rings (SSSR count). The molecular weight excluding hydrogens is 328 g/mol. The average molecular weight is 346 g/mol. The van der Waals surface area contributed by atoms with Gasteiger partial charge in [-0.2, -0.15) is 10.1 Å². The lowest BCUT2D eigenvalue weighted by Crippen LogP contribution is -2.29. The van der Waals surface area contributed by atoms with Crippen LogP contribution in [0.2, 0.25) is 0 Å². The van der Waals surface area contributed by atoms with Gasteiger partial charge in [-0.3, -0.25) is 0 Å². The van der Waals surface area contributed by atoms with Crippen molar-refractivity contribution in [3.05, 3.63) is 83.7 Å². The maximum absolute atomic E-state index is 12.9. The van der Waals surface area contributed by atoms with Crippen LogP contribution in [0.15, 0.2) is 72.6 Å². The molecule has 0 radical (unpaired) electrons. The lowest BCUT2D eigenvalue weighted by atomic mass is 9.93. The minimum atomic E-state index is -0.413. The van der Waals surface area contributed by atoms with Crippen LogP contribution in [-0.2, 0) is 9.53 Å². The van der Waals surface area contributed by atoms with Crippen molar-refractivity contribution in [2.45, 2.75) is 13.0 Å². The van der Waals surface area contributed by atoms with Crippen LogP contribution in [0.4, 0.5) is 5.95 Å². The zero-order valence-electron chi connectivity index (χ0n) is 14.3. The van der Waals surface area contributed by atoms with Crippen molar-refractivity contribution in [1.29, 1.82) is 0 Å². The summed E-state index contributed by atoms with van der Waals surface area (Å²) in [5, 5.41) is 7.59.